The maximum atomic E-state index is 5.88. The van der Waals surface area contributed by atoms with Crippen LogP contribution in [-0.2, 0) is 0 Å². The van der Waals surface area contributed by atoms with E-state index in [4.69, 9.17) is 10.5 Å². The van der Waals surface area contributed by atoms with E-state index in [9.17, 15) is 0 Å². The molecule has 0 radical (unpaired) electrons. The number of benzene rings is 1. The molecule has 18 heavy (non-hydrogen) atoms. The molecule has 102 valence electrons. The van der Waals surface area contributed by atoms with Gasteiger partial charge in [0.25, 0.3) is 0 Å². The Balaban J connectivity index is 2.61. The monoisotopic (exact) mass is 250 g/mol. The fourth-order valence-electron chi connectivity index (χ4n) is 1.50. The second kappa shape index (κ2) is 7.14. The smallest absolute Gasteiger partial charge is 0.144 e. The van der Waals surface area contributed by atoms with Crippen molar-refractivity contribution < 1.29 is 4.74 Å². The SMILES string of the molecule is CCCOc1cc(NCC(C)C(C)C)ccc1N. The summed E-state index contributed by atoms with van der Waals surface area (Å²) in [6, 6.07) is 5.88. The number of ether oxygens (including phenoxy) is 1. The van der Waals surface area contributed by atoms with Crippen molar-refractivity contribution in [3.63, 3.8) is 0 Å². The number of anilines is 2. The van der Waals surface area contributed by atoms with Gasteiger partial charge in [-0.2, -0.15) is 0 Å². The van der Waals surface area contributed by atoms with E-state index in [0.29, 0.717) is 24.1 Å². The topological polar surface area (TPSA) is 47.3 Å². The second-order valence-electron chi connectivity index (χ2n) is 5.20. The van der Waals surface area contributed by atoms with Gasteiger partial charge in [-0.3, -0.25) is 0 Å². The van der Waals surface area contributed by atoms with Crippen molar-refractivity contribution in [2.45, 2.75) is 34.1 Å². The molecule has 1 unspecified atom stereocenters. The Morgan fingerprint density at radius 2 is 2.00 bits per heavy atom. The molecule has 0 aliphatic rings. The van der Waals surface area contributed by atoms with Gasteiger partial charge >= 0.3 is 0 Å². The molecule has 1 rings (SSSR count). The molecule has 3 nitrogen and oxygen atoms in total. The normalized spacial score (nSPS) is 12.5. The molecule has 0 saturated carbocycles. The lowest BCUT2D eigenvalue weighted by molar-refractivity contribution is 0.319. The summed E-state index contributed by atoms with van der Waals surface area (Å²) in [5.41, 5.74) is 7.65. The van der Waals surface area contributed by atoms with E-state index in [1.165, 1.54) is 0 Å². The summed E-state index contributed by atoms with van der Waals surface area (Å²) in [6.07, 6.45) is 0.988. The number of rotatable bonds is 7. The zero-order valence-electron chi connectivity index (χ0n) is 12.0. The number of nitrogen functional groups attached to an aromatic ring is 1. The van der Waals surface area contributed by atoms with Crippen LogP contribution in [0.15, 0.2) is 18.2 Å². The van der Waals surface area contributed by atoms with Gasteiger partial charge in [0, 0.05) is 18.3 Å². The summed E-state index contributed by atoms with van der Waals surface area (Å²) in [4.78, 5) is 0. The Kier molecular flexibility index (Phi) is 5.83. The van der Waals surface area contributed by atoms with Crippen LogP contribution in [0.1, 0.15) is 34.1 Å². The fourth-order valence-corrected chi connectivity index (χ4v) is 1.50. The van der Waals surface area contributed by atoms with Crippen molar-refractivity contribution in [1.29, 1.82) is 0 Å². The van der Waals surface area contributed by atoms with E-state index in [-0.39, 0.29) is 0 Å². The lowest BCUT2D eigenvalue weighted by atomic mass is 9.98. The maximum Gasteiger partial charge on any atom is 0.144 e. The third-order valence-corrected chi connectivity index (χ3v) is 3.24. The standard InChI is InChI=1S/C15H26N2O/c1-5-8-18-15-9-13(6-7-14(15)16)17-10-12(4)11(2)3/h6-7,9,11-12,17H,5,8,10,16H2,1-4H3. The zero-order chi connectivity index (χ0) is 13.5. The molecule has 0 aromatic heterocycles. The van der Waals surface area contributed by atoms with Gasteiger partial charge in [-0.15, -0.1) is 0 Å². The lowest BCUT2D eigenvalue weighted by Crippen LogP contribution is -2.16. The molecular weight excluding hydrogens is 224 g/mol. The Morgan fingerprint density at radius 1 is 1.28 bits per heavy atom. The van der Waals surface area contributed by atoms with Crippen molar-refractivity contribution in [3.8, 4) is 5.75 Å². The summed E-state index contributed by atoms with van der Waals surface area (Å²) >= 11 is 0. The largest absolute Gasteiger partial charge is 0.491 e. The molecule has 0 saturated heterocycles. The van der Waals surface area contributed by atoms with Gasteiger partial charge in [0.1, 0.15) is 5.75 Å². The molecule has 1 aromatic carbocycles. The third-order valence-electron chi connectivity index (χ3n) is 3.24. The molecule has 0 heterocycles. The summed E-state index contributed by atoms with van der Waals surface area (Å²) in [7, 11) is 0. The van der Waals surface area contributed by atoms with Crippen LogP contribution in [0.25, 0.3) is 0 Å². The zero-order valence-corrected chi connectivity index (χ0v) is 12.0. The van der Waals surface area contributed by atoms with E-state index in [2.05, 4.69) is 33.0 Å². The van der Waals surface area contributed by atoms with Gasteiger partial charge < -0.3 is 15.8 Å². The Bertz CT molecular complexity index is 364. The van der Waals surface area contributed by atoms with Gasteiger partial charge in [-0.1, -0.05) is 27.7 Å². The highest BCUT2D eigenvalue weighted by Crippen LogP contribution is 2.26. The van der Waals surface area contributed by atoms with Crippen molar-refractivity contribution in [3.05, 3.63) is 18.2 Å². The van der Waals surface area contributed by atoms with Crippen LogP contribution >= 0.6 is 0 Å². The van der Waals surface area contributed by atoms with Crippen molar-refractivity contribution >= 4 is 11.4 Å². The van der Waals surface area contributed by atoms with E-state index >= 15 is 0 Å². The highest BCUT2D eigenvalue weighted by atomic mass is 16.5. The van der Waals surface area contributed by atoms with Crippen LogP contribution in [0.5, 0.6) is 5.75 Å². The number of hydrogen-bond donors (Lipinski definition) is 2. The quantitative estimate of drug-likeness (QED) is 0.724. The van der Waals surface area contributed by atoms with Crippen molar-refractivity contribution in [1.82, 2.24) is 0 Å². The Labute approximate surface area is 111 Å². The Morgan fingerprint density at radius 3 is 2.61 bits per heavy atom. The molecule has 0 aliphatic heterocycles. The average molecular weight is 250 g/mol. The van der Waals surface area contributed by atoms with Gasteiger partial charge in [-0.25, -0.2) is 0 Å². The van der Waals surface area contributed by atoms with Crippen molar-refractivity contribution in [2.75, 3.05) is 24.2 Å². The van der Waals surface area contributed by atoms with Gasteiger partial charge in [0.2, 0.25) is 0 Å². The minimum absolute atomic E-state index is 0.641. The first-order chi connectivity index (χ1) is 8.54. The first-order valence-corrected chi connectivity index (χ1v) is 6.80. The Hall–Kier alpha value is -1.38. The molecular formula is C15H26N2O. The molecule has 0 fully saturated rings. The van der Waals surface area contributed by atoms with Gasteiger partial charge in [0.05, 0.1) is 12.3 Å². The second-order valence-corrected chi connectivity index (χ2v) is 5.20. The first-order valence-electron chi connectivity index (χ1n) is 6.80. The van der Waals surface area contributed by atoms with Crippen LogP contribution in [0.3, 0.4) is 0 Å². The summed E-state index contributed by atoms with van der Waals surface area (Å²) in [6.45, 7) is 10.5. The predicted molar refractivity (Wildman–Crippen MR) is 79.1 cm³/mol. The molecule has 0 spiro atoms. The highest BCUT2D eigenvalue weighted by molar-refractivity contribution is 5.61. The average Bonchev–Trinajstić information content (AvgIpc) is 2.35. The van der Waals surface area contributed by atoms with Gasteiger partial charge in [0.15, 0.2) is 0 Å². The molecule has 1 atom stereocenters. The highest BCUT2D eigenvalue weighted by Gasteiger charge is 2.07. The molecule has 3 heteroatoms. The molecule has 3 N–H and O–H groups in total. The van der Waals surface area contributed by atoms with Crippen LogP contribution in [-0.4, -0.2) is 13.2 Å². The maximum absolute atomic E-state index is 5.88. The molecule has 1 aromatic rings. The van der Waals surface area contributed by atoms with Gasteiger partial charge in [-0.05, 0) is 30.4 Å². The van der Waals surface area contributed by atoms with E-state index in [1.807, 2.05) is 18.2 Å². The summed E-state index contributed by atoms with van der Waals surface area (Å²) in [5.74, 6) is 2.10. The fraction of sp³-hybridized carbons (Fsp3) is 0.600. The third kappa shape index (κ3) is 4.47. The number of hydrogen-bond acceptors (Lipinski definition) is 3. The minimum Gasteiger partial charge on any atom is -0.491 e. The van der Waals surface area contributed by atoms with Crippen molar-refractivity contribution in [2.24, 2.45) is 11.8 Å². The minimum atomic E-state index is 0.641. The van der Waals surface area contributed by atoms with E-state index < -0.39 is 0 Å². The summed E-state index contributed by atoms with van der Waals surface area (Å²) < 4.78 is 5.62. The molecule has 0 amide bonds. The molecule has 0 aliphatic carbocycles. The lowest BCUT2D eigenvalue weighted by Gasteiger charge is -2.17. The molecule has 0 bridgehead atoms. The van der Waals surface area contributed by atoms with Crippen LogP contribution < -0.4 is 15.8 Å². The van der Waals surface area contributed by atoms with E-state index in [1.54, 1.807) is 0 Å². The van der Waals surface area contributed by atoms with E-state index in [0.717, 1.165) is 24.4 Å². The summed E-state index contributed by atoms with van der Waals surface area (Å²) in [5, 5.41) is 3.43. The van der Waals surface area contributed by atoms with Crippen LogP contribution in [0.4, 0.5) is 11.4 Å². The number of nitrogens with one attached hydrogen (secondary N) is 1. The predicted octanol–water partition coefficient (Wildman–Crippen LogP) is 3.76. The number of nitrogens with two attached hydrogens (primary N) is 1. The van der Waals surface area contributed by atoms with Crippen LogP contribution in [0, 0.1) is 11.8 Å². The van der Waals surface area contributed by atoms with Crippen LogP contribution in [0.2, 0.25) is 0 Å². The first kappa shape index (κ1) is 14.7.